The molecule has 0 radical (unpaired) electrons. The Hall–Kier alpha value is -3.68. The molecular formula is C22H23N5O3. The minimum Gasteiger partial charge on any atom is -0.324 e. The van der Waals surface area contributed by atoms with Gasteiger partial charge in [-0.15, -0.1) is 5.10 Å². The zero-order valence-electron chi connectivity index (χ0n) is 17.0. The van der Waals surface area contributed by atoms with Gasteiger partial charge in [0.05, 0.1) is 0 Å². The van der Waals surface area contributed by atoms with Crippen LogP contribution in [0, 0.1) is 6.92 Å². The number of rotatable bonds is 5. The maximum absolute atomic E-state index is 12.6. The first-order chi connectivity index (χ1) is 14.5. The maximum atomic E-state index is 12.6. The van der Waals surface area contributed by atoms with Crippen LogP contribution in [0.25, 0.3) is 0 Å². The molecule has 1 N–H and O–H groups in total. The molecule has 154 valence electrons. The zero-order chi connectivity index (χ0) is 21.3. The second-order valence-corrected chi connectivity index (χ2v) is 7.31. The number of aromatic nitrogens is 3. The van der Waals surface area contributed by atoms with Gasteiger partial charge in [-0.25, -0.2) is 4.68 Å². The lowest BCUT2D eigenvalue weighted by Gasteiger charge is -2.18. The van der Waals surface area contributed by atoms with E-state index in [9.17, 15) is 14.4 Å². The summed E-state index contributed by atoms with van der Waals surface area (Å²) in [6.45, 7) is 4.62. The van der Waals surface area contributed by atoms with Crippen LogP contribution >= 0.6 is 0 Å². The highest BCUT2D eigenvalue weighted by atomic mass is 16.2. The molecule has 4 rings (SSSR count). The average Bonchev–Trinajstić information content (AvgIpc) is 3.17. The Balaban J connectivity index is 1.60. The standard InChI is InChI=1S/C22H23N5O3/c1-3-16-6-8-17(9-7-16)23-19(28)14-27-21(30)20(29)26-13-12-25(22(26)24-27)18-10-4-15(2)5-11-18/h4-11H,3,12-14H2,1-2H3,(H,23,28). The molecule has 1 aliphatic heterocycles. The van der Waals surface area contributed by atoms with Gasteiger partial charge >= 0.3 is 11.1 Å². The van der Waals surface area contributed by atoms with Crippen molar-refractivity contribution < 1.29 is 4.79 Å². The largest absolute Gasteiger partial charge is 0.333 e. The van der Waals surface area contributed by atoms with Gasteiger partial charge in [0.1, 0.15) is 6.54 Å². The minimum absolute atomic E-state index is 0.334. The van der Waals surface area contributed by atoms with Crippen LogP contribution in [0.4, 0.5) is 17.3 Å². The number of carbonyl (C=O) groups is 1. The first-order valence-electron chi connectivity index (χ1n) is 9.91. The molecule has 2 heterocycles. The van der Waals surface area contributed by atoms with Crippen LogP contribution in [0.15, 0.2) is 58.1 Å². The van der Waals surface area contributed by atoms with Crippen LogP contribution in [-0.2, 0) is 24.3 Å². The molecular weight excluding hydrogens is 382 g/mol. The molecule has 1 aromatic heterocycles. The van der Waals surface area contributed by atoms with Crippen LogP contribution in [0.1, 0.15) is 18.1 Å². The summed E-state index contributed by atoms with van der Waals surface area (Å²) in [4.78, 5) is 39.3. The summed E-state index contributed by atoms with van der Waals surface area (Å²) in [5.74, 6) is -0.0540. The Bertz CT molecular complexity index is 1190. The molecule has 0 bridgehead atoms. The monoisotopic (exact) mass is 405 g/mol. The molecule has 0 saturated heterocycles. The van der Waals surface area contributed by atoms with Gasteiger partial charge in [0.2, 0.25) is 11.9 Å². The van der Waals surface area contributed by atoms with Gasteiger partial charge in [0.25, 0.3) is 0 Å². The third-order valence-electron chi connectivity index (χ3n) is 5.19. The van der Waals surface area contributed by atoms with E-state index in [1.165, 1.54) is 4.57 Å². The van der Waals surface area contributed by atoms with E-state index < -0.39 is 17.0 Å². The summed E-state index contributed by atoms with van der Waals surface area (Å²) >= 11 is 0. The zero-order valence-corrected chi connectivity index (χ0v) is 17.0. The molecule has 0 aliphatic carbocycles. The highest BCUT2D eigenvalue weighted by Gasteiger charge is 2.26. The van der Waals surface area contributed by atoms with Crippen molar-refractivity contribution in [1.82, 2.24) is 14.3 Å². The highest BCUT2D eigenvalue weighted by molar-refractivity contribution is 5.90. The van der Waals surface area contributed by atoms with E-state index in [1.54, 1.807) is 0 Å². The van der Waals surface area contributed by atoms with E-state index >= 15 is 0 Å². The Kier molecular flexibility index (Phi) is 5.22. The number of nitrogens with zero attached hydrogens (tertiary/aromatic N) is 4. The highest BCUT2D eigenvalue weighted by Crippen LogP contribution is 2.26. The van der Waals surface area contributed by atoms with Crippen LogP contribution in [0.5, 0.6) is 0 Å². The van der Waals surface area contributed by atoms with Gasteiger partial charge in [-0.05, 0) is 43.2 Å². The molecule has 3 aromatic rings. The van der Waals surface area contributed by atoms with Crippen molar-refractivity contribution in [2.75, 3.05) is 16.8 Å². The number of hydrogen-bond acceptors (Lipinski definition) is 5. The molecule has 1 aliphatic rings. The summed E-state index contributed by atoms with van der Waals surface area (Å²) < 4.78 is 2.30. The predicted molar refractivity (Wildman–Crippen MR) is 115 cm³/mol. The van der Waals surface area contributed by atoms with Crippen molar-refractivity contribution in [2.24, 2.45) is 0 Å². The van der Waals surface area contributed by atoms with Crippen molar-refractivity contribution in [3.63, 3.8) is 0 Å². The third-order valence-corrected chi connectivity index (χ3v) is 5.19. The second-order valence-electron chi connectivity index (χ2n) is 7.31. The van der Waals surface area contributed by atoms with Crippen LogP contribution in [0.2, 0.25) is 0 Å². The molecule has 2 aromatic carbocycles. The Morgan fingerprint density at radius 2 is 1.70 bits per heavy atom. The number of nitrogens with one attached hydrogen (secondary N) is 1. The van der Waals surface area contributed by atoms with Crippen molar-refractivity contribution in [2.45, 2.75) is 33.4 Å². The van der Waals surface area contributed by atoms with E-state index in [-0.39, 0.29) is 6.54 Å². The summed E-state index contributed by atoms with van der Waals surface area (Å²) in [6, 6.07) is 15.3. The number of carbonyl (C=O) groups excluding carboxylic acids is 1. The van der Waals surface area contributed by atoms with Gasteiger partial charge in [-0.1, -0.05) is 36.8 Å². The van der Waals surface area contributed by atoms with E-state index in [4.69, 9.17) is 0 Å². The first kappa shape index (κ1) is 19.6. The molecule has 0 unspecified atom stereocenters. The van der Waals surface area contributed by atoms with Crippen LogP contribution in [0.3, 0.4) is 0 Å². The van der Waals surface area contributed by atoms with Crippen molar-refractivity contribution >= 4 is 23.2 Å². The summed E-state index contributed by atoms with van der Waals surface area (Å²) in [5.41, 5.74) is 2.31. The second kappa shape index (κ2) is 7.98. The van der Waals surface area contributed by atoms with Gasteiger partial charge in [0, 0.05) is 24.5 Å². The molecule has 1 amide bonds. The molecule has 0 fully saturated rings. The topological polar surface area (TPSA) is 89.2 Å². The lowest BCUT2D eigenvalue weighted by Crippen LogP contribution is -2.44. The van der Waals surface area contributed by atoms with E-state index in [2.05, 4.69) is 17.3 Å². The molecule has 0 spiro atoms. The fraction of sp³-hybridized carbons (Fsp3) is 0.273. The van der Waals surface area contributed by atoms with E-state index in [1.807, 2.05) is 60.4 Å². The number of benzene rings is 2. The minimum atomic E-state index is -0.805. The predicted octanol–water partition coefficient (Wildman–Crippen LogP) is 2.07. The Morgan fingerprint density at radius 3 is 2.37 bits per heavy atom. The summed E-state index contributed by atoms with van der Waals surface area (Å²) in [5, 5.41) is 7.08. The first-order valence-corrected chi connectivity index (χ1v) is 9.91. The molecule has 30 heavy (non-hydrogen) atoms. The Morgan fingerprint density at radius 1 is 1.00 bits per heavy atom. The summed E-state index contributed by atoms with van der Waals surface area (Å²) in [6.07, 6.45) is 0.907. The molecule has 0 atom stereocenters. The number of aryl methyl sites for hydroxylation is 2. The third kappa shape index (κ3) is 3.76. The number of amides is 1. The average molecular weight is 405 g/mol. The van der Waals surface area contributed by atoms with Gasteiger partial charge < -0.3 is 10.2 Å². The SMILES string of the molecule is CCc1ccc(NC(=O)Cn2nc3n(c(=O)c2=O)CCN3c2ccc(C)cc2)cc1. The number of hydrogen-bond donors (Lipinski definition) is 1. The van der Waals surface area contributed by atoms with Crippen molar-refractivity contribution in [3.8, 4) is 0 Å². The fourth-order valence-electron chi connectivity index (χ4n) is 3.46. The quantitative estimate of drug-likeness (QED) is 0.657. The molecule has 8 heteroatoms. The van der Waals surface area contributed by atoms with E-state index in [0.29, 0.717) is 24.7 Å². The lowest BCUT2D eigenvalue weighted by atomic mass is 10.1. The summed E-state index contributed by atoms with van der Waals surface area (Å²) in [7, 11) is 0. The van der Waals surface area contributed by atoms with Crippen LogP contribution in [-0.4, -0.2) is 26.8 Å². The normalized spacial score (nSPS) is 12.7. The number of fused-ring (bicyclic) bond motifs is 1. The van der Waals surface area contributed by atoms with Gasteiger partial charge in [0.15, 0.2) is 0 Å². The fourth-order valence-corrected chi connectivity index (χ4v) is 3.46. The maximum Gasteiger partial charge on any atom is 0.333 e. The Labute approximate surface area is 173 Å². The van der Waals surface area contributed by atoms with Crippen LogP contribution < -0.4 is 21.3 Å². The molecule has 8 nitrogen and oxygen atoms in total. The number of anilines is 3. The van der Waals surface area contributed by atoms with Crippen molar-refractivity contribution in [1.29, 1.82) is 0 Å². The van der Waals surface area contributed by atoms with Crippen molar-refractivity contribution in [3.05, 3.63) is 80.4 Å². The molecule has 0 saturated carbocycles. The lowest BCUT2D eigenvalue weighted by molar-refractivity contribution is -0.117. The van der Waals surface area contributed by atoms with E-state index in [0.717, 1.165) is 27.9 Å². The van der Waals surface area contributed by atoms with Gasteiger partial charge in [-0.2, -0.15) is 0 Å². The van der Waals surface area contributed by atoms with Gasteiger partial charge in [-0.3, -0.25) is 19.0 Å². The smallest absolute Gasteiger partial charge is 0.324 e.